The molecule has 0 spiro atoms. The highest BCUT2D eigenvalue weighted by Crippen LogP contribution is 2.24. The minimum absolute atomic E-state index is 0. The van der Waals surface area contributed by atoms with Crippen molar-refractivity contribution in [2.24, 2.45) is 28.7 Å². The summed E-state index contributed by atoms with van der Waals surface area (Å²) in [6, 6.07) is 0. The predicted octanol–water partition coefficient (Wildman–Crippen LogP) is 2.39. The lowest BCUT2D eigenvalue weighted by Crippen LogP contribution is -2.48. The number of guanidine groups is 1. The summed E-state index contributed by atoms with van der Waals surface area (Å²) in [6.45, 7) is 9.89. The van der Waals surface area contributed by atoms with Gasteiger partial charge < -0.3 is 15.0 Å². The standard InChI is InChI=1S/C19H35N3O3S.HI/c1-15(2)18-4-3-7-22(12-18)19(20-10-16-5-8-25-13-16)21-11-17-6-9-26(23,24)14-17;/h15-18H,3-14H2,1-2H3,(H,20,21);1H. The molecule has 0 radical (unpaired) electrons. The van der Waals surface area contributed by atoms with Crippen molar-refractivity contribution in [2.75, 3.05) is 50.9 Å². The van der Waals surface area contributed by atoms with Crippen LogP contribution in [0.3, 0.4) is 0 Å². The monoisotopic (exact) mass is 513 g/mol. The molecule has 0 saturated carbocycles. The number of piperidine rings is 1. The Hall–Kier alpha value is -0.0900. The molecule has 3 saturated heterocycles. The molecule has 3 heterocycles. The summed E-state index contributed by atoms with van der Waals surface area (Å²) in [6.07, 6.45) is 4.35. The summed E-state index contributed by atoms with van der Waals surface area (Å²) in [5.74, 6) is 3.73. The van der Waals surface area contributed by atoms with E-state index in [0.717, 1.165) is 51.6 Å². The van der Waals surface area contributed by atoms with E-state index < -0.39 is 9.84 Å². The second-order valence-corrected chi connectivity index (χ2v) is 10.9. The van der Waals surface area contributed by atoms with Crippen molar-refractivity contribution in [1.82, 2.24) is 10.2 Å². The molecule has 8 heteroatoms. The first kappa shape index (κ1) is 23.2. The van der Waals surface area contributed by atoms with Crippen LogP contribution in [0.5, 0.6) is 0 Å². The van der Waals surface area contributed by atoms with Gasteiger partial charge in [-0.2, -0.15) is 0 Å². The van der Waals surface area contributed by atoms with E-state index >= 15 is 0 Å². The maximum absolute atomic E-state index is 11.7. The normalized spacial score (nSPS) is 31.1. The fourth-order valence-electron chi connectivity index (χ4n) is 4.23. The van der Waals surface area contributed by atoms with Crippen molar-refractivity contribution in [3.63, 3.8) is 0 Å². The van der Waals surface area contributed by atoms with Crippen molar-refractivity contribution in [1.29, 1.82) is 0 Å². The Labute approximate surface area is 181 Å². The number of nitrogens with one attached hydrogen (secondary N) is 1. The molecule has 0 amide bonds. The molecule has 0 aliphatic carbocycles. The van der Waals surface area contributed by atoms with Crippen molar-refractivity contribution in [3.8, 4) is 0 Å². The molecule has 0 aromatic carbocycles. The van der Waals surface area contributed by atoms with Gasteiger partial charge in [0.15, 0.2) is 15.8 Å². The van der Waals surface area contributed by atoms with E-state index in [1.807, 2.05) is 0 Å². The fourth-order valence-corrected chi connectivity index (χ4v) is 6.08. The first-order chi connectivity index (χ1) is 12.4. The molecule has 1 N–H and O–H groups in total. The lowest BCUT2D eigenvalue weighted by atomic mass is 9.88. The van der Waals surface area contributed by atoms with Gasteiger partial charge in [0.05, 0.1) is 18.1 Å². The highest BCUT2D eigenvalue weighted by atomic mass is 127. The largest absolute Gasteiger partial charge is 0.381 e. The van der Waals surface area contributed by atoms with E-state index in [9.17, 15) is 8.42 Å². The van der Waals surface area contributed by atoms with E-state index in [4.69, 9.17) is 9.73 Å². The molecule has 27 heavy (non-hydrogen) atoms. The molecule has 158 valence electrons. The summed E-state index contributed by atoms with van der Waals surface area (Å²) in [5.41, 5.74) is 0. The maximum Gasteiger partial charge on any atom is 0.193 e. The number of hydrogen-bond donors (Lipinski definition) is 1. The van der Waals surface area contributed by atoms with Gasteiger partial charge in [-0.25, -0.2) is 8.42 Å². The average molecular weight is 513 g/mol. The number of hydrogen-bond acceptors (Lipinski definition) is 4. The Morgan fingerprint density at radius 1 is 1.26 bits per heavy atom. The average Bonchev–Trinajstić information content (AvgIpc) is 3.24. The summed E-state index contributed by atoms with van der Waals surface area (Å²) in [5, 5.41) is 3.58. The molecule has 0 aromatic heterocycles. The van der Waals surface area contributed by atoms with Crippen LogP contribution in [-0.2, 0) is 14.6 Å². The van der Waals surface area contributed by atoms with Crippen LogP contribution in [0, 0.1) is 23.7 Å². The van der Waals surface area contributed by atoms with Crippen molar-refractivity contribution in [2.45, 2.75) is 39.5 Å². The van der Waals surface area contributed by atoms with Crippen LogP contribution in [0.2, 0.25) is 0 Å². The van der Waals surface area contributed by atoms with Crippen molar-refractivity contribution < 1.29 is 13.2 Å². The Bertz CT molecular complexity index is 591. The molecule has 3 rings (SSSR count). The molecule has 0 aromatic rings. The zero-order valence-electron chi connectivity index (χ0n) is 16.7. The molecule has 3 aliphatic heterocycles. The number of nitrogens with zero attached hydrogens (tertiary/aromatic N) is 2. The minimum Gasteiger partial charge on any atom is -0.381 e. The van der Waals surface area contributed by atoms with E-state index in [0.29, 0.717) is 35.8 Å². The van der Waals surface area contributed by atoms with Gasteiger partial charge in [0, 0.05) is 38.7 Å². The van der Waals surface area contributed by atoms with Crippen molar-refractivity contribution in [3.05, 3.63) is 0 Å². The zero-order chi connectivity index (χ0) is 18.6. The SMILES string of the molecule is CC(C)C1CCCN(C(=NCC2CCS(=O)(=O)C2)NCC2CCOC2)C1.I. The summed E-state index contributed by atoms with van der Waals surface area (Å²) in [4.78, 5) is 7.27. The Morgan fingerprint density at radius 3 is 2.70 bits per heavy atom. The first-order valence-electron chi connectivity index (χ1n) is 10.2. The molecular weight excluding hydrogens is 477 g/mol. The predicted molar refractivity (Wildman–Crippen MR) is 121 cm³/mol. The van der Waals surface area contributed by atoms with Gasteiger partial charge in [-0.1, -0.05) is 13.8 Å². The number of aliphatic imine (C=N–C) groups is 1. The van der Waals surface area contributed by atoms with Crippen LogP contribution in [0.4, 0.5) is 0 Å². The van der Waals surface area contributed by atoms with Gasteiger partial charge >= 0.3 is 0 Å². The molecule has 3 unspecified atom stereocenters. The third-order valence-corrected chi connectivity index (χ3v) is 7.94. The lowest BCUT2D eigenvalue weighted by Gasteiger charge is -2.37. The van der Waals surface area contributed by atoms with Gasteiger partial charge in [-0.15, -0.1) is 24.0 Å². The molecular formula is C19H36IN3O3S. The van der Waals surface area contributed by atoms with Crippen LogP contribution < -0.4 is 5.32 Å². The van der Waals surface area contributed by atoms with E-state index in [1.165, 1.54) is 12.8 Å². The Kier molecular flexibility index (Phi) is 9.12. The molecule has 3 atom stereocenters. The van der Waals surface area contributed by atoms with Crippen LogP contribution in [0.15, 0.2) is 4.99 Å². The van der Waals surface area contributed by atoms with E-state index in [1.54, 1.807) is 0 Å². The molecule has 6 nitrogen and oxygen atoms in total. The summed E-state index contributed by atoms with van der Waals surface area (Å²) < 4.78 is 28.9. The van der Waals surface area contributed by atoms with Crippen LogP contribution in [0.25, 0.3) is 0 Å². The summed E-state index contributed by atoms with van der Waals surface area (Å²) in [7, 11) is -2.83. The van der Waals surface area contributed by atoms with Gasteiger partial charge in [0.2, 0.25) is 0 Å². The maximum atomic E-state index is 11.7. The third kappa shape index (κ3) is 7.03. The zero-order valence-corrected chi connectivity index (χ0v) is 19.9. The number of sulfone groups is 1. The smallest absolute Gasteiger partial charge is 0.193 e. The second kappa shape index (κ2) is 10.6. The highest BCUT2D eigenvalue weighted by Gasteiger charge is 2.29. The Morgan fingerprint density at radius 2 is 2.07 bits per heavy atom. The molecule has 3 fully saturated rings. The van der Waals surface area contributed by atoms with E-state index in [-0.39, 0.29) is 29.9 Å². The second-order valence-electron chi connectivity index (χ2n) is 8.64. The van der Waals surface area contributed by atoms with Gasteiger partial charge in [0.25, 0.3) is 0 Å². The number of likely N-dealkylation sites (tertiary alicyclic amines) is 1. The fraction of sp³-hybridized carbons (Fsp3) is 0.947. The van der Waals surface area contributed by atoms with Crippen LogP contribution in [0.1, 0.15) is 39.5 Å². The lowest BCUT2D eigenvalue weighted by molar-refractivity contribution is 0.185. The third-order valence-electron chi connectivity index (χ3n) is 6.10. The Balaban J connectivity index is 0.00000261. The van der Waals surface area contributed by atoms with Crippen LogP contribution >= 0.6 is 24.0 Å². The molecule has 3 aliphatic rings. The van der Waals surface area contributed by atoms with Gasteiger partial charge in [0.1, 0.15) is 0 Å². The number of rotatable bonds is 5. The topological polar surface area (TPSA) is 71.0 Å². The highest BCUT2D eigenvalue weighted by molar-refractivity contribution is 14.0. The van der Waals surface area contributed by atoms with Crippen LogP contribution in [-0.4, -0.2) is 70.2 Å². The minimum atomic E-state index is -2.83. The number of halogens is 1. The van der Waals surface area contributed by atoms with Crippen molar-refractivity contribution >= 4 is 39.8 Å². The first-order valence-corrected chi connectivity index (χ1v) is 12.1. The summed E-state index contributed by atoms with van der Waals surface area (Å²) >= 11 is 0. The van der Waals surface area contributed by atoms with Gasteiger partial charge in [-0.05, 0) is 43.4 Å². The quantitative estimate of drug-likeness (QED) is 0.348. The molecule has 0 bridgehead atoms. The van der Waals surface area contributed by atoms with Gasteiger partial charge in [-0.3, -0.25) is 4.99 Å². The number of ether oxygens (including phenoxy) is 1. The van der Waals surface area contributed by atoms with E-state index in [2.05, 4.69) is 24.1 Å².